The molecule has 2 heterocycles. The lowest BCUT2D eigenvalue weighted by molar-refractivity contribution is 0.101. The Morgan fingerprint density at radius 2 is 1.96 bits per heavy atom. The van der Waals surface area contributed by atoms with Gasteiger partial charge in [-0.2, -0.15) is 0 Å². The second kappa shape index (κ2) is 6.38. The molecule has 3 rings (SSSR count). The predicted molar refractivity (Wildman–Crippen MR) is 94.2 cm³/mol. The average molecular weight is 325 g/mol. The first-order valence-electron chi connectivity index (χ1n) is 7.47. The molecular weight excluding hydrogens is 306 g/mol. The van der Waals surface area contributed by atoms with Crippen LogP contribution in [-0.4, -0.2) is 15.5 Å². The van der Waals surface area contributed by atoms with E-state index in [1.807, 2.05) is 26.2 Å². The number of rotatable bonds is 4. The van der Waals surface area contributed by atoms with Gasteiger partial charge in [-0.15, -0.1) is 11.3 Å². The maximum absolute atomic E-state index is 12.2. The maximum Gasteiger partial charge on any atom is 0.274 e. The number of thiazole rings is 1. The first kappa shape index (κ1) is 15.5. The van der Waals surface area contributed by atoms with Gasteiger partial charge in [0.25, 0.3) is 5.91 Å². The molecule has 3 aromatic rings. The van der Waals surface area contributed by atoms with Gasteiger partial charge in [0, 0.05) is 24.5 Å². The normalized spacial score (nSPS) is 10.7. The molecule has 1 N–H and O–H groups in total. The molecule has 0 fully saturated rings. The number of hydrogen-bond donors (Lipinski definition) is 1. The SMILES string of the molecule is Cc1ccc(Cc2sc(NC(=O)c3cccn3C)nc2C)cc1. The van der Waals surface area contributed by atoms with Crippen molar-refractivity contribution in [1.82, 2.24) is 9.55 Å². The number of aryl methyl sites for hydroxylation is 3. The molecule has 23 heavy (non-hydrogen) atoms. The number of hydrogen-bond acceptors (Lipinski definition) is 3. The van der Waals surface area contributed by atoms with Crippen LogP contribution in [0.1, 0.15) is 32.2 Å². The lowest BCUT2D eigenvalue weighted by Crippen LogP contribution is -2.15. The smallest absolute Gasteiger partial charge is 0.274 e. The molecule has 0 atom stereocenters. The summed E-state index contributed by atoms with van der Waals surface area (Å²) >= 11 is 1.54. The summed E-state index contributed by atoms with van der Waals surface area (Å²) in [6.07, 6.45) is 2.69. The fraction of sp³-hybridized carbons (Fsp3) is 0.222. The van der Waals surface area contributed by atoms with Crippen molar-refractivity contribution >= 4 is 22.4 Å². The zero-order valence-electron chi connectivity index (χ0n) is 13.5. The highest BCUT2D eigenvalue weighted by Gasteiger charge is 2.13. The van der Waals surface area contributed by atoms with Gasteiger partial charge >= 0.3 is 0 Å². The molecule has 0 aliphatic carbocycles. The summed E-state index contributed by atoms with van der Waals surface area (Å²) in [5, 5.41) is 3.54. The Kier molecular flexibility index (Phi) is 4.30. The summed E-state index contributed by atoms with van der Waals surface area (Å²) in [5.74, 6) is -0.131. The summed E-state index contributed by atoms with van der Waals surface area (Å²) in [7, 11) is 1.85. The Hall–Kier alpha value is -2.40. The van der Waals surface area contributed by atoms with Crippen LogP contribution in [0.2, 0.25) is 0 Å². The van der Waals surface area contributed by atoms with E-state index in [-0.39, 0.29) is 5.91 Å². The molecule has 0 unspecified atom stereocenters. The zero-order chi connectivity index (χ0) is 16.4. The van der Waals surface area contributed by atoms with Gasteiger partial charge in [0.1, 0.15) is 5.69 Å². The molecule has 4 nitrogen and oxygen atoms in total. The number of aromatic nitrogens is 2. The third-order valence-corrected chi connectivity index (χ3v) is 4.85. The minimum absolute atomic E-state index is 0.131. The van der Waals surface area contributed by atoms with Crippen LogP contribution in [-0.2, 0) is 13.5 Å². The van der Waals surface area contributed by atoms with Crippen molar-refractivity contribution in [1.29, 1.82) is 0 Å². The quantitative estimate of drug-likeness (QED) is 0.790. The lowest BCUT2D eigenvalue weighted by atomic mass is 10.1. The number of nitrogens with one attached hydrogen (secondary N) is 1. The van der Waals surface area contributed by atoms with Crippen LogP contribution in [0, 0.1) is 13.8 Å². The zero-order valence-corrected chi connectivity index (χ0v) is 14.3. The second-order valence-corrected chi connectivity index (χ2v) is 6.73. The highest BCUT2D eigenvalue weighted by atomic mass is 32.1. The molecule has 0 saturated heterocycles. The highest BCUT2D eigenvalue weighted by Crippen LogP contribution is 2.25. The van der Waals surface area contributed by atoms with E-state index >= 15 is 0 Å². The average Bonchev–Trinajstić information content (AvgIpc) is 3.08. The van der Waals surface area contributed by atoms with E-state index in [1.54, 1.807) is 10.6 Å². The van der Waals surface area contributed by atoms with Crippen LogP contribution in [0.25, 0.3) is 0 Å². The molecule has 0 aliphatic heterocycles. The van der Waals surface area contributed by atoms with Gasteiger partial charge in [0.15, 0.2) is 5.13 Å². The van der Waals surface area contributed by atoms with Crippen LogP contribution >= 0.6 is 11.3 Å². The Balaban J connectivity index is 1.74. The van der Waals surface area contributed by atoms with E-state index < -0.39 is 0 Å². The first-order valence-corrected chi connectivity index (χ1v) is 8.29. The largest absolute Gasteiger partial charge is 0.347 e. The molecule has 0 spiro atoms. The van der Waals surface area contributed by atoms with Crippen molar-refractivity contribution in [3.63, 3.8) is 0 Å². The van der Waals surface area contributed by atoms with Crippen molar-refractivity contribution in [3.05, 3.63) is 70.0 Å². The van der Waals surface area contributed by atoms with E-state index in [2.05, 4.69) is 41.5 Å². The number of anilines is 1. The summed E-state index contributed by atoms with van der Waals surface area (Å²) < 4.78 is 1.79. The number of nitrogens with zero attached hydrogens (tertiary/aromatic N) is 2. The minimum atomic E-state index is -0.131. The molecule has 0 radical (unpaired) electrons. The Morgan fingerprint density at radius 1 is 1.22 bits per heavy atom. The molecule has 118 valence electrons. The van der Waals surface area contributed by atoms with Crippen LogP contribution < -0.4 is 5.32 Å². The molecular formula is C18H19N3OS. The standard InChI is InChI=1S/C18H19N3OS/c1-12-6-8-14(9-7-12)11-16-13(2)19-18(23-16)20-17(22)15-5-4-10-21(15)3/h4-10H,11H2,1-3H3,(H,19,20,22). The lowest BCUT2D eigenvalue weighted by Gasteiger charge is -2.02. The monoisotopic (exact) mass is 325 g/mol. The number of benzene rings is 1. The summed E-state index contributed by atoms with van der Waals surface area (Å²) in [6.45, 7) is 4.07. The summed E-state index contributed by atoms with van der Waals surface area (Å²) in [6, 6.07) is 12.1. The van der Waals surface area contributed by atoms with Crippen molar-refractivity contribution in [2.75, 3.05) is 5.32 Å². The van der Waals surface area contributed by atoms with Crippen molar-refractivity contribution < 1.29 is 4.79 Å². The first-order chi connectivity index (χ1) is 11.0. The van der Waals surface area contributed by atoms with Crippen LogP contribution in [0.3, 0.4) is 0 Å². The topological polar surface area (TPSA) is 46.9 Å². The fourth-order valence-electron chi connectivity index (χ4n) is 2.39. The van der Waals surface area contributed by atoms with Crippen LogP contribution in [0.5, 0.6) is 0 Å². The minimum Gasteiger partial charge on any atom is -0.347 e. The van der Waals surface area contributed by atoms with Gasteiger partial charge in [0.2, 0.25) is 0 Å². The van der Waals surface area contributed by atoms with Gasteiger partial charge in [-0.1, -0.05) is 29.8 Å². The van der Waals surface area contributed by atoms with Gasteiger partial charge in [0.05, 0.1) is 5.69 Å². The molecule has 0 saturated carbocycles. The van der Waals surface area contributed by atoms with E-state index in [0.29, 0.717) is 10.8 Å². The Labute approximate surface area is 139 Å². The molecule has 0 aliphatic rings. The Bertz CT molecular complexity index is 830. The van der Waals surface area contributed by atoms with E-state index in [1.165, 1.54) is 27.3 Å². The number of amides is 1. The van der Waals surface area contributed by atoms with Gasteiger partial charge in [-0.05, 0) is 31.5 Å². The van der Waals surface area contributed by atoms with Crippen molar-refractivity contribution in [2.45, 2.75) is 20.3 Å². The molecule has 1 aromatic carbocycles. The number of carbonyl (C=O) groups is 1. The third-order valence-electron chi connectivity index (χ3n) is 3.77. The van der Waals surface area contributed by atoms with Gasteiger partial charge < -0.3 is 4.57 Å². The molecule has 2 aromatic heterocycles. The van der Waals surface area contributed by atoms with Gasteiger partial charge in [-0.3, -0.25) is 10.1 Å². The van der Waals surface area contributed by atoms with Crippen LogP contribution in [0.4, 0.5) is 5.13 Å². The number of carbonyl (C=O) groups excluding carboxylic acids is 1. The molecule has 1 amide bonds. The molecule has 5 heteroatoms. The van der Waals surface area contributed by atoms with E-state index in [4.69, 9.17) is 0 Å². The summed E-state index contributed by atoms with van der Waals surface area (Å²) in [4.78, 5) is 17.9. The predicted octanol–water partition coefficient (Wildman–Crippen LogP) is 3.94. The summed E-state index contributed by atoms with van der Waals surface area (Å²) in [5.41, 5.74) is 4.10. The second-order valence-electron chi connectivity index (χ2n) is 5.65. The van der Waals surface area contributed by atoms with Gasteiger partial charge in [-0.25, -0.2) is 4.98 Å². The van der Waals surface area contributed by atoms with E-state index in [0.717, 1.165) is 12.1 Å². The van der Waals surface area contributed by atoms with Crippen molar-refractivity contribution in [3.8, 4) is 0 Å². The Morgan fingerprint density at radius 3 is 2.61 bits per heavy atom. The van der Waals surface area contributed by atoms with E-state index in [9.17, 15) is 4.79 Å². The third kappa shape index (κ3) is 3.51. The highest BCUT2D eigenvalue weighted by molar-refractivity contribution is 7.15. The van der Waals surface area contributed by atoms with Crippen LogP contribution in [0.15, 0.2) is 42.6 Å². The maximum atomic E-state index is 12.2. The van der Waals surface area contributed by atoms with Crippen molar-refractivity contribution in [2.24, 2.45) is 7.05 Å². The molecule has 0 bridgehead atoms. The fourth-order valence-corrected chi connectivity index (χ4v) is 3.39.